The van der Waals surface area contributed by atoms with Crippen molar-refractivity contribution in [3.05, 3.63) is 29.8 Å². The maximum Gasteiger partial charge on any atom is 0.123 e. The van der Waals surface area contributed by atoms with Gasteiger partial charge in [-0.15, -0.1) is 0 Å². The van der Waals surface area contributed by atoms with Crippen LogP contribution in [0.5, 0.6) is 11.5 Å². The molecule has 16 heavy (non-hydrogen) atoms. The van der Waals surface area contributed by atoms with Crippen LogP contribution >= 0.6 is 0 Å². The Labute approximate surface area is 97.1 Å². The average molecular weight is 221 g/mol. The molecule has 1 aromatic rings. The first-order valence-corrected chi connectivity index (χ1v) is 5.40. The summed E-state index contributed by atoms with van der Waals surface area (Å²) in [5.41, 5.74) is 1.08. The minimum absolute atomic E-state index is 0.808. The molecule has 1 N–H and O–H groups in total. The number of methoxy groups -OCH3 is 2. The van der Waals surface area contributed by atoms with Crippen molar-refractivity contribution in [1.29, 1.82) is 0 Å². The molecule has 0 amide bonds. The molecule has 1 rings (SSSR count). The summed E-state index contributed by atoms with van der Waals surface area (Å²) in [5, 5.41) is 3.23. The van der Waals surface area contributed by atoms with Crippen LogP contribution in [0.25, 0.3) is 6.08 Å². The van der Waals surface area contributed by atoms with Gasteiger partial charge in [0, 0.05) is 12.6 Å². The Morgan fingerprint density at radius 2 is 1.75 bits per heavy atom. The molecule has 0 aliphatic heterocycles. The number of likely N-dealkylation sites (N-methyl/N-ethyl adjacent to an activating group) is 1. The van der Waals surface area contributed by atoms with Crippen molar-refractivity contribution < 1.29 is 9.47 Å². The molecule has 0 fully saturated rings. The van der Waals surface area contributed by atoms with Gasteiger partial charge in [-0.3, -0.25) is 0 Å². The van der Waals surface area contributed by atoms with Crippen molar-refractivity contribution in [3.8, 4) is 11.5 Å². The summed E-state index contributed by atoms with van der Waals surface area (Å²) in [6.07, 6.45) is 4.13. The summed E-state index contributed by atoms with van der Waals surface area (Å²) in [7, 11) is 3.31. The first-order valence-electron chi connectivity index (χ1n) is 5.40. The second-order valence-electron chi connectivity index (χ2n) is 3.36. The molecule has 0 heterocycles. The lowest BCUT2D eigenvalue weighted by molar-refractivity contribution is 0.394. The molecule has 88 valence electrons. The van der Waals surface area contributed by atoms with Crippen molar-refractivity contribution in [2.75, 3.05) is 27.3 Å². The third kappa shape index (κ3) is 3.95. The third-order valence-corrected chi connectivity index (χ3v) is 2.20. The molecule has 0 saturated heterocycles. The lowest BCUT2D eigenvalue weighted by Crippen LogP contribution is -2.11. The molecule has 0 atom stereocenters. The van der Waals surface area contributed by atoms with Gasteiger partial charge in [-0.1, -0.05) is 19.1 Å². The Balaban J connectivity index is 2.74. The predicted octanol–water partition coefficient (Wildman–Crippen LogP) is 2.33. The van der Waals surface area contributed by atoms with E-state index >= 15 is 0 Å². The summed E-state index contributed by atoms with van der Waals surface area (Å²) in [6, 6.07) is 5.82. The van der Waals surface area contributed by atoms with Gasteiger partial charge in [0.25, 0.3) is 0 Å². The fourth-order valence-electron chi connectivity index (χ4n) is 1.35. The number of hydrogen-bond donors (Lipinski definition) is 1. The third-order valence-electron chi connectivity index (χ3n) is 2.20. The summed E-state index contributed by atoms with van der Waals surface area (Å²) in [5.74, 6) is 1.62. The highest BCUT2D eigenvalue weighted by Gasteiger charge is 1.98. The summed E-state index contributed by atoms with van der Waals surface area (Å²) in [6.45, 7) is 3.93. The Bertz CT molecular complexity index is 326. The van der Waals surface area contributed by atoms with E-state index in [9.17, 15) is 0 Å². The van der Waals surface area contributed by atoms with E-state index in [0.717, 1.165) is 30.2 Å². The highest BCUT2D eigenvalue weighted by molar-refractivity contribution is 5.55. The molecule has 1 aromatic carbocycles. The van der Waals surface area contributed by atoms with Crippen molar-refractivity contribution in [2.24, 2.45) is 0 Å². The Morgan fingerprint density at radius 1 is 1.12 bits per heavy atom. The normalized spacial score (nSPS) is 10.7. The van der Waals surface area contributed by atoms with Crippen LogP contribution < -0.4 is 14.8 Å². The highest BCUT2D eigenvalue weighted by Crippen LogP contribution is 2.23. The molecule has 0 aliphatic rings. The molecule has 0 unspecified atom stereocenters. The van der Waals surface area contributed by atoms with Crippen LogP contribution in [0.2, 0.25) is 0 Å². The van der Waals surface area contributed by atoms with Crippen molar-refractivity contribution in [3.63, 3.8) is 0 Å². The standard InChI is InChI=1S/C13H19NO2/c1-4-14-7-5-6-11-8-12(15-2)10-13(9-11)16-3/h5-6,8-10,14H,4,7H2,1-3H3. The van der Waals surface area contributed by atoms with Crippen LogP contribution in [-0.2, 0) is 0 Å². The molecule has 3 nitrogen and oxygen atoms in total. The maximum atomic E-state index is 5.20. The van der Waals surface area contributed by atoms with E-state index in [1.807, 2.05) is 24.3 Å². The quantitative estimate of drug-likeness (QED) is 0.748. The van der Waals surface area contributed by atoms with E-state index in [1.54, 1.807) is 14.2 Å². The predicted molar refractivity (Wildman–Crippen MR) is 67.1 cm³/mol. The fraction of sp³-hybridized carbons (Fsp3) is 0.385. The Hall–Kier alpha value is -1.48. The van der Waals surface area contributed by atoms with Crippen LogP contribution in [0, 0.1) is 0 Å². The average Bonchev–Trinajstić information content (AvgIpc) is 2.34. The van der Waals surface area contributed by atoms with E-state index in [0.29, 0.717) is 0 Å². The highest BCUT2D eigenvalue weighted by atomic mass is 16.5. The first-order chi connectivity index (χ1) is 7.80. The number of benzene rings is 1. The van der Waals surface area contributed by atoms with Crippen LogP contribution in [0.15, 0.2) is 24.3 Å². The number of ether oxygens (including phenoxy) is 2. The smallest absolute Gasteiger partial charge is 0.123 e. The summed E-state index contributed by atoms with van der Waals surface area (Å²) < 4.78 is 10.4. The zero-order valence-corrected chi connectivity index (χ0v) is 10.1. The Kier molecular flexibility index (Phi) is 5.43. The first kappa shape index (κ1) is 12.6. The van der Waals surface area contributed by atoms with Gasteiger partial charge in [0.2, 0.25) is 0 Å². The maximum absolute atomic E-state index is 5.20. The molecule has 0 aliphatic carbocycles. The van der Waals surface area contributed by atoms with Gasteiger partial charge in [0.15, 0.2) is 0 Å². The molecule has 0 spiro atoms. The SMILES string of the molecule is CCNCC=Cc1cc(OC)cc(OC)c1. The van der Waals surface area contributed by atoms with Crippen molar-refractivity contribution in [1.82, 2.24) is 5.32 Å². The van der Waals surface area contributed by atoms with E-state index in [4.69, 9.17) is 9.47 Å². The molecular weight excluding hydrogens is 202 g/mol. The molecule has 0 saturated carbocycles. The minimum Gasteiger partial charge on any atom is -0.497 e. The van der Waals surface area contributed by atoms with Crippen LogP contribution in [0.3, 0.4) is 0 Å². The summed E-state index contributed by atoms with van der Waals surface area (Å²) >= 11 is 0. The van der Waals surface area contributed by atoms with Gasteiger partial charge < -0.3 is 14.8 Å². The Morgan fingerprint density at radius 3 is 2.25 bits per heavy atom. The lowest BCUT2D eigenvalue weighted by atomic mass is 10.2. The molecular formula is C13H19NO2. The van der Waals surface area contributed by atoms with E-state index in [2.05, 4.69) is 18.3 Å². The molecule has 0 radical (unpaired) electrons. The van der Waals surface area contributed by atoms with Gasteiger partial charge in [-0.05, 0) is 24.2 Å². The number of hydrogen-bond acceptors (Lipinski definition) is 3. The fourth-order valence-corrected chi connectivity index (χ4v) is 1.35. The van der Waals surface area contributed by atoms with Crippen LogP contribution in [0.1, 0.15) is 12.5 Å². The second-order valence-corrected chi connectivity index (χ2v) is 3.36. The number of rotatable bonds is 6. The topological polar surface area (TPSA) is 30.5 Å². The van der Waals surface area contributed by atoms with Gasteiger partial charge in [-0.25, -0.2) is 0 Å². The van der Waals surface area contributed by atoms with Gasteiger partial charge in [0.1, 0.15) is 11.5 Å². The van der Waals surface area contributed by atoms with Gasteiger partial charge in [0.05, 0.1) is 14.2 Å². The van der Waals surface area contributed by atoms with Crippen molar-refractivity contribution in [2.45, 2.75) is 6.92 Å². The minimum atomic E-state index is 0.808. The van der Waals surface area contributed by atoms with Gasteiger partial charge >= 0.3 is 0 Å². The zero-order valence-electron chi connectivity index (χ0n) is 10.1. The van der Waals surface area contributed by atoms with E-state index in [-0.39, 0.29) is 0 Å². The van der Waals surface area contributed by atoms with E-state index < -0.39 is 0 Å². The number of nitrogens with one attached hydrogen (secondary N) is 1. The molecule has 3 heteroatoms. The van der Waals surface area contributed by atoms with Crippen molar-refractivity contribution >= 4 is 6.08 Å². The second kappa shape index (κ2) is 6.90. The monoisotopic (exact) mass is 221 g/mol. The summed E-state index contributed by atoms with van der Waals surface area (Å²) in [4.78, 5) is 0. The van der Waals surface area contributed by atoms with Crippen LogP contribution in [0.4, 0.5) is 0 Å². The lowest BCUT2D eigenvalue weighted by Gasteiger charge is -2.05. The molecule has 0 aromatic heterocycles. The molecule has 0 bridgehead atoms. The van der Waals surface area contributed by atoms with Crippen LogP contribution in [-0.4, -0.2) is 27.3 Å². The zero-order chi connectivity index (χ0) is 11.8. The van der Waals surface area contributed by atoms with E-state index in [1.165, 1.54) is 0 Å². The largest absolute Gasteiger partial charge is 0.497 e. The van der Waals surface area contributed by atoms with Gasteiger partial charge in [-0.2, -0.15) is 0 Å².